The minimum Gasteiger partial charge on any atom is -0.478 e. The fourth-order valence-electron chi connectivity index (χ4n) is 1.73. The van der Waals surface area contributed by atoms with Gasteiger partial charge in [-0.15, -0.1) is 0 Å². The van der Waals surface area contributed by atoms with E-state index < -0.39 is 17.3 Å². The number of aromatic carboxylic acids is 1. The number of nitrogens with zero attached hydrogens (tertiary/aromatic N) is 2. The smallest absolute Gasteiger partial charge is 0.338 e. The number of ether oxygens (including phenoxy) is 1. The highest BCUT2D eigenvalue weighted by molar-refractivity contribution is 5.88. The van der Waals surface area contributed by atoms with Crippen LogP contribution in [0.25, 0.3) is 0 Å². The lowest BCUT2D eigenvalue weighted by atomic mass is 10.2. The van der Waals surface area contributed by atoms with Crippen molar-refractivity contribution in [1.82, 2.24) is 9.97 Å². The van der Waals surface area contributed by atoms with E-state index in [0.29, 0.717) is 11.7 Å². The second-order valence-electron chi connectivity index (χ2n) is 4.91. The average Bonchev–Trinajstić information content (AvgIpc) is 2.37. The molecule has 1 aromatic heterocycles. The van der Waals surface area contributed by atoms with Crippen molar-refractivity contribution in [3.8, 4) is 11.6 Å². The van der Waals surface area contributed by atoms with Crippen molar-refractivity contribution in [1.29, 1.82) is 0 Å². The van der Waals surface area contributed by atoms with Gasteiger partial charge in [-0.3, -0.25) is 0 Å². The van der Waals surface area contributed by atoms with Gasteiger partial charge in [0.1, 0.15) is 17.4 Å². The highest BCUT2D eigenvalue weighted by atomic mass is 19.1. The average molecular weight is 290 g/mol. The molecular weight excluding hydrogens is 275 g/mol. The van der Waals surface area contributed by atoms with Crippen LogP contribution in [0.2, 0.25) is 0 Å². The third-order valence-electron chi connectivity index (χ3n) is 2.76. The molecule has 0 aliphatic rings. The number of carbonyl (C=O) groups is 1. The second-order valence-corrected chi connectivity index (χ2v) is 4.91. The SMILES string of the molecule is Cc1cc(Oc2ccc(C(=O)O)c(F)c2)nc(C(C)C)n1. The van der Waals surface area contributed by atoms with Crippen LogP contribution in [0, 0.1) is 12.7 Å². The molecule has 0 amide bonds. The Hall–Kier alpha value is -2.50. The second kappa shape index (κ2) is 5.87. The summed E-state index contributed by atoms with van der Waals surface area (Å²) in [7, 11) is 0. The number of benzene rings is 1. The van der Waals surface area contributed by atoms with Gasteiger partial charge in [-0.05, 0) is 19.1 Å². The Kier molecular flexibility index (Phi) is 4.16. The van der Waals surface area contributed by atoms with Gasteiger partial charge in [-0.25, -0.2) is 14.2 Å². The molecule has 0 fully saturated rings. The lowest BCUT2D eigenvalue weighted by Gasteiger charge is -2.10. The van der Waals surface area contributed by atoms with Crippen LogP contribution in [0.1, 0.15) is 41.6 Å². The molecule has 21 heavy (non-hydrogen) atoms. The minimum absolute atomic E-state index is 0.137. The largest absolute Gasteiger partial charge is 0.478 e. The molecule has 2 rings (SSSR count). The van der Waals surface area contributed by atoms with Crippen molar-refractivity contribution >= 4 is 5.97 Å². The van der Waals surface area contributed by atoms with E-state index in [1.165, 1.54) is 6.07 Å². The number of halogens is 1. The zero-order valence-corrected chi connectivity index (χ0v) is 11.9. The van der Waals surface area contributed by atoms with Crippen molar-refractivity contribution in [3.05, 3.63) is 47.2 Å². The Morgan fingerprint density at radius 2 is 2.00 bits per heavy atom. The lowest BCUT2D eigenvalue weighted by Crippen LogP contribution is -2.02. The molecule has 2 aromatic rings. The highest BCUT2D eigenvalue weighted by Crippen LogP contribution is 2.24. The molecule has 0 radical (unpaired) electrons. The Morgan fingerprint density at radius 1 is 1.29 bits per heavy atom. The van der Waals surface area contributed by atoms with Crippen molar-refractivity contribution in [3.63, 3.8) is 0 Å². The number of aryl methyl sites for hydroxylation is 1. The summed E-state index contributed by atoms with van der Waals surface area (Å²) in [6.07, 6.45) is 0. The quantitative estimate of drug-likeness (QED) is 0.932. The van der Waals surface area contributed by atoms with Crippen molar-refractivity contribution in [2.45, 2.75) is 26.7 Å². The summed E-state index contributed by atoms with van der Waals surface area (Å²) in [5.41, 5.74) is 0.343. The minimum atomic E-state index is -1.32. The molecule has 0 bridgehead atoms. The van der Waals surface area contributed by atoms with Crippen molar-refractivity contribution < 1.29 is 19.0 Å². The van der Waals surface area contributed by atoms with Gasteiger partial charge in [-0.1, -0.05) is 13.8 Å². The third kappa shape index (κ3) is 3.53. The van der Waals surface area contributed by atoms with Crippen LogP contribution in [0.15, 0.2) is 24.3 Å². The van der Waals surface area contributed by atoms with Gasteiger partial charge in [-0.2, -0.15) is 4.98 Å². The molecule has 5 nitrogen and oxygen atoms in total. The van der Waals surface area contributed by atoms with Gasteiger partial charge in [0.05, 0.1) is 5.56 Å². The molecule has 0 aliphatic carbocycles. The zero-order valence-electron chi connectivity index (χ0n) is 11.9. The van der Waals surface area contributed by atoms with Crippen molar-refractivity contribution in [2.75, 3.05) is 0 Å². The molecule has 0 saturated heterocycles. The predicted octanol–water partition coefficient (Wildman–Crippen LogP) is 3.54. The first-order valence-corrected chi connectivity index (χ1v) is 6.43. The molecule has 0 aliphatic heterocycles. The Bertz CT molecular complexity index is 687. The van der Waals surface area contributed by atoms with E-state index in [1.807, 2.05) is 20.8 Å². The maximum absolute atomic E-state index is 13.6. The number of carboxylic acid groups (broad SMARTS) is 1. The molecule has 0 saturated carbocycles. The van der Waals surface area contributed by atoms with Crippen LogP contribution in [0.5, 0.6) is 11.6 Å². The van der Waals surface area contributed by atoms with E-state index in [0.717, 1.165) is 17.8 Å². The summed E-state index contributed by atoms with van der Waals surface area (Å²) < 4.78 is 19.1. The maximum Gasteiger partial charge on any atom is 0.338 e. The molecule has 0 unspecified atom stereocenters. The van der Waals surface area contributed by atoms with E-state index in [9.17, 15) is 9.18 Å². The summed E-state index contributed by atoms with van der Waals surface area (Å²) in [5, 5.41) is 8.78. The molecular formula is C15H15FN2O3. The topological polar surface area (TPSA) is 72.3 Å². The Balaban J connectivity index is 2.30. The number of carboxylic acids is 1. The van der Waals surface area contributed by atoms with E-state index in [4.69, 9.17) is 9.84 Å². The Morgan fingerprint density at radius 3 is 2.57 bits per heavy atom. The normalized spacial score (nSPS) is 10.7. The molecule has 0 atom stereocenters. The van der Waals surface area contributed by atoms with Gasteiger partial charge >= 0.3 is 5.97 Å². The first-order chi connectivity index (χ1) is 9.86. The van der Waals surface area contributed by atoms with E-state index in [2.05, 4.69) is 9.97 Å². The molecule has 6 heteroatoms. The van der Waals surface area contributed by atoms with E-state index >= 15 is 0 Å². The van der Waals surface area contributed by atoms with Gasteiger partial charge < -0.3 is 9.84 Å². The van der Waals surface area contributed by atoms with E-state index in [-0.39, 0.29) is 11.7 Å². The number of hydrogen-bond acceptors (Lipinski definition) is 4. The predicted molar refractivity (Wildman–Crippen MR) is 74.3 cm³/mol. The first-order valence-electron chi connectivity index (χ1n) is 6.43. The summed E-state index contributed by atoms with van der Waals surface area (Å²) in [5.74, 6) is -0.918. The summed E-state index contributed by atoms with van der Waals surface area (Å²) >= 11 is 0. The van der Waals surface area contributed by atoms with Crippen LogP contribution in [0.4, 0.5) is 4.39 Å². The van der Waals surface area contributed by atoms with Crippen LogP contribution >= 0.6 is 0 Å². The van der Waals surface area contributed by atoms with Crippen molar-refractivity contribution in [2.24, 2.45) is 0 Å². The molecule has 1 N–H and O–H groups in total. The Labute approximate surface area is 121 Å². The molecule has 1 heterocycles. The fraction of sp³-hybridized carbons (Fsp3) is 0.267. The maximum atomic E-state index is 13.6. The lowest BCUT2D eigenvalue weighted by molar-refractivity contribution is 0.0692. The fourth-order valence-corrected chi connectivity index (χ4v) is 1.73. The summed E-state index contributed by atoms with van der Waals surface area (Å²) in [6.45, 7) is 5.73. The monoisotopic (exact) mass is 290 g/mol. The molecule has 110 valence electrons. The van der Waals surface area contributed by atoms with Crippen LogP contribution in [-0.4, -0.2) is 21.0 Å². The van der Waals surface area contributed by atoms with Gasteiger partial charge in [0.25, 0.3) is 0 Å². The van der Waals surface area contributed by atoms with Crippen LogP contribution in [0.3, 0.4) is 0 Å². The highest BCUT2D eigenvalue weighted by Gasteiger charge is 2.12. The van der Waals surface area contributed by atoms with Gasteiger partial charge in [0.2, 0.25) is 5.88 Å². The number of rotatable bonds is 4. The number of hydrogen-bond donors (Lipinski definition) is 1. The standard InChI is InChI=1S/C15H15FN2O3/c1-8(2)14-17-9(3)6-13(18-14)21-10-4-5-11(15(19)20)12(16)7-10/h4-8H,1-3H3,(H,19,20). The van der Waals surface area contributed by atoms with Crippen LogP contribution in [-0.2, 0) is 0 Å². The number of aromatic nitrogens is 2. The molecule has 0 spiro atoms. The van der Waals surface area contributed by atoms with Gasteiger partial charge in [0, 0.05) is 23.7 Å². The van der Waals surface area contributed by atoms with Gasteiger partial charge in [0.15, 0.2) is 0 Å². The molecule has 1 aromatic carbocycles. The summed E-state index contributed by atoms with van der Waals surface area (Å²) in [4.78, 5) is 19.3. The first kappa shape index (κ1) is 14.9. The zero-order chi connectivity index (χ0) is 15.6. The van der Waals surface area contributed by atoms with E-state index in [1.54, 1.807) is 6.07 Å². The van der Waals surface area contributed by atoms with Crippen LogP contribution < -0.4 is 4.74 Å². The third-order valence-corrected chi connectivity index (χ3v) is 2.76. The summed E-state index contributed by atoms with van der Waals surface area (Å²) in [6, 6.07) is 5.20.